The van der Waals surface area contributed by atoms with Crippen LogP contribution in [0.15, 0.2) is 16.6 Å². The van der Waals surface area contributed by atoms with Crippen LogP contribution in [0.2, 0.25) is 10.0 Å². The molecule has 0 aliphatic carbocycles. The number of ether oxygens (including phenoxy) is 1. The fraction of sp³-hybridized carbons (Fsp3) is 0.538. The lowest BCUT2D eigenvalue weighted by Gasteiger charge is -2.34. The smallest absolute Gasteiger partial charge is 0.139 e. The summed E-state index contributed by atoms with van der Waals surface area (Å²) in [6, 6.07) is 3.32. The van der Waals surface area contributed by atoms with E-state index in [0.717, 1.165) is 4.47 Å². The molecule has 102 valence electrons. The molecule has 2 unspecified atom stereocenters. The molecule has 2 nitrogen and oxygen atoms in total. The molecule has 0 saturated heterocycles. The zero-order valence-electron chi connectivity index (χ0n) is 10.9. The summed E-state index contributed by atoms with van der Waals surface area (Å²) in [7, 11) is 0. The minimum absolute atomic E-state index is 0.0863. The fourth-order valence-electron chi connectivity index (χ4n) is 1.80. The van der Waals surface area contributed by atoms with Gasteiger partial charge in [-0.25, -0.2) is 0 Å². The first kappa shape index (κ1) is 16.1. The van der Waals surface area contributed by atoms with Crippen molar-refractivity contribution in [2.24, 2.45) is 11.1 Å². The van der Waals surface area contributed by atoms with Crippen molar-refractivity contribution in [3.63, 3.8) is 0 Å². The summed E-state index contributed by atoms with van der Waals surface area (Å²) in [6.45, 7) is 8.16. The SMILES string of the molecule is CC(N)C(Oc1cc(Cl)c(Br)cc1Cl)C(C)(C)C. The summed E-state index contributed by atoms with van der Waals surface area (Å²) in [6.07, 6.45) is -0.146. The minimum atomic E-state index is -0.146. The third-order valence-corrected chi connectivity index (χ3v) is 4.05. The molecule has 2 N–H and O–H groups in total. The van der Waals surface area contributed by atoms with Crippen LogP contribution in [-0.4, -0.2) is 12.1 Å². The molecule has 0 aliphatic heterocycles. The Labute approximate surface area is 127 Å². The van der Waals surface area contributed by atoms with Gasteiger partial charge in [0.2, 0.25) is 0 Å². The van der Waals surface area contributed by atoms with E-state index >= 15 is 0 Å². The van der Waals surface area contributed by atoms with E-state index in [9.17, 15) is 0 Å². The van der Waals surface area contributed by atoms with Gasteiger partial charge in [-0.1, -0.05) is 44.0 Å². The van der Waals surface area contributed by atoms with Crippen LogP contribution in [-0.2, 0) is 0 Å². The van der Waals surface area contributed by atoms with Crippen molar-refractivity contribution in [1.82, 2.24) is 0 Å². The number of halogens is 3. The Hall–Kier alpha value is 0.0400. The lowest BCUT2D eigenvalue weighted by atomic mass is 9.85. The molecule has 0 amide bonds. The van der Waals surface area contributed by atoms with Crippen LogP contribution in [0.3, 0.4) is 0 Å². The highest BCUT2D eigenvalue weighted by molar-refractivity contribution is 9.10. The van der Waals surface area contributed by atoms with E-state index in [4.69, 9.17) is 33.7 Å². The molecule has 5 heteroatoms. The first-order valence-corrected chi connectivity index (χ1v) is 7.24. The number of hydrogen-bond acceptors (Lipinski definition) is 2. The van der Waals surface area contributed by atoms with Crippen LogP contribution in [0.1, 0.15) is 27.7 Å². The molecule has 0 aliphatic rings. The van der Waals surface area contributed by atoms with Crippen molar-refractivity contribution in [1.29, 1.82) is 0 Å². The maximum atomic E-state index is 6.15. The first-order chi connectivity index (χ1) is 8.12. The highest BCUT2D eigenvalue weighted by Gasteiger charge is 2.30. The quantitative estimate of drug-likeness (QED) is 0.783. The van der Waals surface area contributed by atoms with Gasteiger partial charge < -0.3 is 10.5 Å². The minimum Gasteiger partial charge on any atom is -0.487 e. The van der Waals surface area contributed by atoms with Crippen molar-refractivity contribution in [2.45, 2.75) is 39.8 Å². The second-order valence-corrected chi connectivity index (χ2v) is 7.13. The molecular formula is C13H18BrCl2NO. The van der Waals surface area contributed by atoms with E-state index < -0.39 is 0 Å². The summed E-state index contributed by atoms with van der Waals surface area (Å²) in [5, 5.41) is 1.08. The largest absolute Gasteiger partial charge is 0.487 e. The third kappa shape index (κ3) is 4.02. The zero-order chi connectivity index (χ0) is 14.1. The molecule has 0 fully saturated rings. The summed E-state index contributed by atoms with van der Waals surface area (Å²) < 4.78 is 6.69. The van der Waals surface area contributed by atoms with Crippen LogP contribution in [0.4, 0.5) is 0 Å². The maximum absolute atomic E-state index is 6.15. The van der Waals surface area contributed by atoms with Crippen LogP contribution < -0.4 is 10.5 Å². The van der Waals surface area contributed by atoms with E-state index in [1.807, 2.05) is 6.92 Å². The summed E-state index contributed by atoms with van der Waals surface area (Å²) in [5.74, 6) is 0.557. The van der Waals surface area contributed by atoms with Gasteiger partial charge in [0.15, 0.2) is 0 Å². The Morgan fingerprint density at radius 2 is 1.78 bits per heavy atom. The second kappa shape index (κ2) is 6.00. The molecule has 0 spiro atoms. The predicted octanol–water partition coefficient (Wildman–Crippen LogP) is 4.90. The molecule has 0 radical (unpaired) electrons. The van der Waals surface area contributed by atoms with Gasteiger partial charge in [0.1, 0.15) is 11.9 Å². The molecule has 0 aromatic heterocycles. The Kier molecular flexibility index (Phi) is 5.36. The lowest BCUT2D eigenvalue weighted by Crippen LogP contribution is -2.45. The Morgan fingerprint density at radius 1 is 1.22 bits per heavy atom. The van der Waals surface area contributed by atoms with E-state index in [-0.39, 0.29) is 17.6 Å². The van der Waals surface area contributed by atoms with Gasteiger partial charge in [-0.2, -0.15) is 0 Å². The molecule has 0 heterocycles. The molecule has 1 aromatic carbocycles. The standard InChI is InChI=1S/C13H18BrCl2NO/c1-7(17)12(13(2,3)4)18-11-6-9(15)8(14)5-10(11)16/h5-7,12H,17H2,1-4H3. The van der Waals surface area contributed by atoms with Gasteiger partial charge in [0.25, 0.3) is 0 Å². The van der Waals surface area contributed by atoms with Crippen LogP contribution >= 0.6 is 39.1 Å². The summed E-state index contributed by atoms with van der Waals surface area (Å²) >= 11 is 15.5. The van der Waals surface area contributed by atoms with Gasteiger partial charge in [-0.15, -0.1) is 0 Å². The number of benzene rings is 1. The number of rotatable bonds is 3. The Balaban J connectivity index is 3.05. The van der Waals surface area contributed by atoms with Crippen LogP contribution in [0.25, 0.3) is 0 Å². The van der Waals surface area contributed by atoms with E-state index in [1.165, 1.54) is 0 Å². The molecule has 0 saturated carbocycles. The predicted molar refractivity (Wildman–Crippen MR) is 81.7 cm³/mol. The van der Waals surface area contributed by atoms with E-state index in [0.29, 0.717) is 15.8 Å². The van der Waals surface area contributed by atoms with E-state index in [2.05, 4.69) is 36.7 Å². The molecule has 18 heavy (non-hydrogen) atoms. The molecular weight excluding hydrogens is 337 g/mol. The van der Waals surface area contributed by atoms with Gasteiger partial charge in [0.05, 0.1) is 10.0 Å². The Morgan fingerprint density at radius 3 is 2.22 bits per heavy atom. The van der Waals surface area contributed by atoms with Crippen molar-refractivity contribution < 1.29 is 4.74 Å². The van der Waals surface area contributed by atoms with Gasteiger partial charge in [-0.3, -0.25) is 0 Å². The molecule has 1 rings (SSSR count). The highest BCUT2D eigenvalue weighted by Crippen LogP contribution is 2.36. The zero-order valence-corrected chi connectivity index (χ0v) is 14.0. The summed E-state index contributed by atoms with van der Waals surface area (Å²) in [4.78, 5) is 0. The third-order valence-electron chi connectivity index (χ3n) is 2.56. The number of nitrogens with two attached hydrogens (primary N) is 1. The van der Waals surface area contributed by atoms with Crippen molar-refractivity contribution >= 4 is 39.1 Å². The maximum Gasteiger partial charge on any atom is 0.139 e. The summed E-state index contributed by atoms with van der Waals surface area (Å²) in [5.41, 5.74) is 5.89. The Bertz CT molecular complexity index is 430. The normalized spacial score (nSPS) is 15.3. The number of hydrogen-bond donors (Lipinski definition) is 1. The van der Waals surface area contributed by atoms with Crippen molar-refractivity contribution in [3.8, 4) is 5.75 Å². The van der Waals surface area contributed by atoms with Crippen molar-refractivity contribution in [2.75, 3.05) is 0 Å². The molecule has 2 atom stereocenters. The van der Waals surface area contributed by atoms with Crippen LogP contribution in [0, 0.1) is 5.41 Å². The van der Waals surface area contributed by atoms with Crippen molar-refractivity contribution in [3.05, 3.63) is 26.7 Å². The second-order valence-electron chi connectivity index (χ2n) is 5.46. The average molecular weight is 355 g/mol. The van der Waals surface area contributed by atoms with E-state index in [1.54, 1.807) is 12.1 Å². The van der Waals surface area contributed by atoms with Crippen LogP contribution in [0.5, 0.6) is 5.75 Å². The molecule has 1 aromatic rings. The average Bonchev–Trinajstić information content (AvgIpc) is 2.19. The first-order valence-electron chi connectivity index (χ1n) is 5.69. The fourth-order valence-corrected chi connectivity index (χ4v) is 2.64. The van der Waals surface area contributed by atoms with Gasteiger partial charge in [-0.05, 0) is 28.9 Å². The van der Waals surface area contributed by atoms with Gasteiger partial charge in [0, 0.05) is 22.0 Å². The topological polar surface area (TPSA) is 35.2 Å². The highest BCUT2D eigenvalue weighted by atomic mass is 79.9. The van der Waals surface area contributed by atoms with Gasteiger partial charge >= 0.3 is 0 Å². The molecule has 0 bridgehead atoms. The lowest BCUT2D eigenvalue weighted by molar-refractivity contribution is 0.0685. The monoisotopic (exact) mass is 353 g/mol.